The van der Waals surface area contributed by atoms with Crippen molar-refractivity contribution in [2.75, 3.05) is 19.7 Å². The molecule has 3 heteroatoms. The predicted molar refractivity (Wildman–Crippen MR) is 71.8 cm³/mol. The van der Waals surface area contributed by atoms with Crippen molar-refractivity contribution in [3.8, 4) is 11.8 Å². The largest absolute Gasteiger partial charge is 0.465 e. The Bertz CT molecular complexity index is 417. The topological polar surface area (TPSA) is 29.5 Å². The van der Waals surface area contributed by atoms with Crippen LogP contribution in [0.1, 0.15) is 19.4 Å². The Labute approximate surface area is 109 Å². The van der Waals surface area contributed by atoms with Gasteiger partial charge in [-0.2, -0.15) is 0 Å². The molecule has 0 spiro atoms. The number of rotatable bonds is 6. The molecule has 0 amide bonds. The van der Waals surface area contributed by atoms with E-state index in [0.717, 1.165) is 0 Å². The molecule has 1 aromatic carbocycles. The van der Waals surface area contributed by atoms with Gasteiger partial charge < -0.3 is 4.74 Å². The Balaban J connectivity index is 2.59. The highest BCUT2D eigenvalue weighted by atomic mass is 16.5. The quantitative estimate of drug-likeness (QED) is 0.567. The summed E-state index contributed by atoms with van der Waals surface area (Å²) in [4.78, 5) is 13.5. The minimum absolute atomic E-state index is 0.202. The first-order chi connectivity index (χ1) is 8.76. The number of nitrogens with zero attached hydrogens (tertiary/aromatic N) is 1. The first-order valence-electron chi connectivity index (χ1n) is 6.07. The lowest BCUT2D eigenvalue weighted by Gasteiger charge is -2.18. The zero-order valence-corrected chi connectivity index (χ0v) is 11.0. The van der Waals surface area contributed by atoms with E-state index in [2.05, 4.69) is 11.8 Å². The summed E-state index contributed by atoms with van der Waals surface area (Å²) in [6.45, 7) is 5.57. The second-order valence-electron chi connectivity index (χ2n) is 3.86. The molecule has 3 nitrogen and oxygen atoms in total. The molecule has 0 atom stereocenters. The Morgan fingerprint density at radius 2 is 2.06 bits per heavy atom. The van der Waals surface area contributed by atoms with Crippen molar-refractivity contribution < 1.29 is 9.53 Å². The fourth-order valence-electron chi connectivity index (χ4n) is 1.59. The van der Waals surface area contributed by atoms with Crippen LogP contribution in [0.5, 0.6) is 0 Å². The van der Waals surface area contributed by atoms with Gasteiger partial charge in [-0.1, -0.05) is 36.3 Å². The monoisotopic (exact) mass is 245 g/mol. The molecule has 0 fully saturated rings. The fraction of sp³-hybridized carbons (Fsp3) is 0.400. The van der Waals surface area contributed by atoms with Gasteiger partial charge in [0.1, 0.15) is 0 Å². The molecule has 0 aliphatic heterocycles. The summed E-state index contributed by atoms with van der Waals surface area (Å²) < 4.78 is 4.96. The van der Waals surface area contributed by atoms with Gasteiger partial charge in [-0.3, -0.25) is 9.69 Å². The maximum atomic E-state index is 11.5. The molecule has 96 valence electrons. The van der Waals surface area contributed by atoms with Crippen LogP contribution in [0.25, 0.3) is 0 Å². The van der Waals surface area contributed by atoms with Crippen molar-refractivity contribution in [3.05, 3.63) is 35.9 Å². The van der Waals surface area contributed by atoms with Crippen LogP contribution >= 0.6 is 0 Å². The summed E-state index contributed by atoms with van der Waals surface area (Å²) in [7, 11) is 0. The molecule has 0 radical (unpaired) electrons. The van der Waals surface area contributed by atoms with Crippen molar-refractivity contribution in [1.29, 1.82) is 0 Å². The van der Waals surface area contributed by atoms with Gasteiger partial charge in [0, 0.05) is 6.54 Å². The second kappa shape index (κ2) is 8.32. The van der Waals surface area contributed by atoms with E-state index in [4.69, 9.17) is 4.74 Å². The molecule has 0 bridgehead atoms. The average Bonchev–Trinajstić information content (AvgIpc) is 2.37. The summed E-state index contributed by atoms with van der Waals surface area (Å²) in [5.41, 5.74) is 1.17. The van der Waals surface area contributed by atoms with E-state index in [1.54, 1.807) is 6.92 Å². The van der Waals surface area contributed by atoms with Crippen molar-refractivity contribution in [3.63, 3.8) is 0 Å². The molecule has 0 saturated heterocycles. The van der Waals surface area contributed by atoms with E-state index in [0.29, 0.717) is 19.7 Å². The average molecular weight is 245 g/mol. The predicted octanol–water partition coefficient (Wildman–Crippen LogP) is 2.08. The second-order valence-corrected chi connectivity index (χ2v) is 3.86. The third kappa shape index (κ3) is 5.51. The lowest BCUT2D eigenvalue weighted by Crippen LogP contribution is -2.31. The molecule has 1 rings (SSSR count). The minimum Gasteiger partial charge on any atom is -0.465 e. The van der Waals surface area contributed by atoms with Crippen LogP contribution in [0, 0.1) is 11.8 Å². The van der Waals surface area contributed by atoms with Crippen LogP contribution in [0.3, 0.4) is 0 Å². The van der Waals surface area contributed by atoms with Gasteiger partial charge in [-0.15, -0.1) is 5.92 Å². The number of benzene rings is 1. The van der Waals surface area contributed by atoms with Crippen LogP contribution in [0.15, 0.2) is 30.3 Å². The number of carbonyl (C=O) groups is 1. The first kappa shape index (κ1) is 14.3. The van der Waals surface area contributed by atoms with Gasteiger partial charge in [0.2, 0.25) is 0 Å². The van der Waals surface area contributed by atoms with Crippen LogP contribution in [-0.4, -0.2) is 30.6 Å². The van der Waals surface area contributed by atoms with Gasteiger partial charge in [0.05, 0.1) is 19.7 Å². The molecule has 0 saturated carbocycles. The summed E-state index contributed by atoms with van der Waals surface area (Å²) in [6.07, 6.45) is 0. The highest BCUT2D eigenvalue weighted by Gasteiger charge is 2.10. The van der Waals surface area contributed by atoms with Crippen LogP contribution in [0.2, 0.25) is 0 Å². The van der Waals surface area contributed by atoms with Gasteiger partial charge >= 0.3 is 5.97 Å². The standard InChI is InChI=1S/C15H19NO2/c1-3-5-11-16(13-15(17)18-4-2)12-14-9-7-6-8-10-14/h6-10H,4,11-13H2,1-2H3. The molecule has 0 aromatic heterocycles. The Morgan fingerprint density at radius 1 is 1.33 bits per heavy atom. The third-order valence-electron chi connectivity index (χ3n) is 2.39. The van der Waals surface area contributed by atoms with E-state index >= 15 is 0 Å². The SMILES string of the molecule is CC#CCN(CC(=O)OCC)Cc1ccccc1. The maximum Gasteiger partial charge on any atom is 0.320 e. The van der Waals surface area contributed by atoms with Crippen molar-refractivity contribution in [1.82, 2.24) is 4.90 Å². The van der Waals surface area contributed by atoms with E-state index < -0.39 is 0 Å². The number of hydrogen-bond donors (Lipinski definition) is 0. The Hall–Kier alpha value is -1.79. The normalized spacial score (nSPS) is 9.72. The van der Waals surface area contributed by atoms with Crippen molar-refractivity contribution in [2.45, 2.75) is 20.4 Å². The molecule has 0 aliphatic rings. The maximum absolute atomic E-state index is 11.5. The smallest absolute Gasteiger partial charge is 0.320 e. The van der Waals surface area contributed by atoms with E-state index in [9.17, 15) is 4.79 Å². The molecule has 0 N–H and O–H groups in total. The molecule has 18 heavy (non-hydrogen) atoms. The molecule has 1 aromatic rings. The molecule has 0 unspecified atom stereocenters. The van der Waals surface area contributed by atoms with Crippen molar-refractivity contribution in [2.24, 2.45) is 0 Å². The zero-order valence-electron chi connectivity index (χ0n) is 11.0. The molecule has 0 aliphatic carbocycles. The van der Waals surface area contributed by atoms with Crippen LogP contribution in [-0.2, 0) is 16.1 Å². The highest BCUT2D eigenvalue weighted by Crippen LogP contribution is 2.04. The van der Waals surface area contributed by atoms with Crippen molar-refractivity contribution >= 4 is 5.97 Å². The number of carbonyl (C=O) groups excluding carboxylic acids is 1. The molecular weight excluding hydrogens is 226 g/mol. The summed E-state index contributed by atoms with van der Waals surface area (Å²) >= 11 is 0. The third-order valence-corrected chi connectivity index (χ3v) is 2.39. The Morgan fingerprint density at radius 3 is 2.67 bits per heavy atom. The zero-order chi connectivity index (χ0) is 13.2. The Kier molecular flexibility index (Phi) is 6.60. The number of hydrogen-bond acceptors (Lipinski definition) is 3. The van der Waals surface area contributed by atoms with Crippen LogP contribution < -0.4 is 0 Å². The summed E-state index contributed by atoms with van der Waals surface area (Å²) in [5.74, 6) is 5.63. The first-order valence-corrected chi connectivity index (χ1v) is 6.07. The van der Waals surface area contributed by atoms with E-state index in [-0.39, 0.29) is 12.5 Å². The summed E-state index contributed by atoms with van der Waals surface area (Å²) in [5, 5.41) is 0. The van der Waals surface area contributed by atoms with Gasteiger partial charge in [-0.05, 0) is 19.4 Å². The van der Waals surface area contributed by atoms with E-state index in [1.165, 1.54) is 5.56 Å². The minimum atomic E-state index is -0.202. The molecule has 0 heterocycles. The number of ether oxygens (including phenoxy) is 1. The molecular formula is C15H19NO2. The van der Waals surface area contributed by atoms with Gasteiger partial charge in [0.15, 0.2) is 0 Å². The van der Waals surface area contributed by atoms with Gasteiger partial charge in [-0.25, -0.2) is 0 Å². The lowest BCUT2D eigenvalue weighted by molar-refractivity contribution is -0.144. The lowest BCUT2D eigenvalue weighted by atomic mass is 10.2. The van der Waals surface area contributed by atoms with Crippen LogP contribution in [0.4, 0.5) is 0 Å². The van der Waals surface area contributed by atoms with E-state index in [1.807, 2.05) is 42.2 Å². The summed E-state index contributed by atoms with van der Waals surface area (Å²) in [6, 6.07) is 10.0. The fourth-order valence-corrected chi connectivity index (χ4v) is 1.59. The van der Waals surface area contributed by atoms with Gasteiger partial charge in [0.25, 0.3) is 0 Å². The highest BCUT2D eigenvalue weighted by molar-refractivity contribution is 5.71. The number of esters is 1.